The monoisotopic (exact) mass is 553 g/mol. The number of rotatable bonds is 9. The van der Waals surface area contributed by atoms with E-state index in [4.69, 9.17) is 14.2 Å². The average molecular weight is 554 g/mol. The average Bonchev–Trinajstić information content (AvgIpc) is 2.96. The molecule has 10 heteroatoms. The molecule has 9 nitrogen and oxygen atoms in total. The fraction of sp³-hybridized carbons (Fsp3) is 0.345. The molecule has 0 aliphatic carbocycles. The molecule has 0 unspecified atom stereocenters. The number of methoxy groups -OCH3 is 3. The van der Waals surface area contributed by atoms with Crippen LogP contribution >= 0.6 is 0 Å². The van der Waals surface area contributed by atoms with Crippen molar-refractivity contribution in [2.45, 2.75) is 18.7 Å². The van der Waals surface area contributed by atoms with Crippen molar-refractivity contribution < 1.29 is 27.4 Å². The Kier molecular flexibility index (Phi) is 8.54. The summed E-state index contributed by atoms with van der Waals surface area (Å²) in [5.74, 6) is 0.999. The number of sulfonamides is 1. The lowest BCUT2D eigenvalue weighted by molar-refractivity contribution is -0.129. The first-order valence-electron chi connectivity index (χ1n) is 12.7. The molecule has 1 saturated heterocycles. The lowest BCUT2D eigenvalue weighted by Crippen LogP contribution is -2.52. The molecule has 4 rings (SSSR count). The maximum Gasteiger partial charge on any atom is 0.264 e. The zero-order chi connectivity index (χ0) is 28.2. The van der Waals surface area contributed by atoms with Crippen LogP contribution in [0.2, 0.25) is 0 Å². The van der Waals surface area contributed by atoms with E-state index in [1.807, 2.05) is 6.07 Å². The lowest BCUT2D eigenvalue weighted by Gasteiger charge is -2.38. The number of hydrogen-bond donors (Lipinski definition) is 0. The van der Waals surface area contributed by atoms with Gasteiger partial charge in [0.2, 0.25) is 5.91 Å². The Hall–Kier alpha value is -3.92. The smallest absolute Gasteiger partial charge is 0.264 e. The van der Waals surface area contributed by atoms with E-state index in [1.54, 1.807) is 29.2 Å². The molecule has 0 atom stereocenters. The van der Waals surface area contributed by atoms with Gasteiger partial charge in [-0.25, -0.2) is 8.42 Å². The largest absolute Gasteiger partial charge is 0.497 e. The number of carbonyl (C=O) groups excluding carboxylic acids is 1. The van der Waals surface area contributed by atoms with Gasteiger partial charge in [-0.05, 0) is 67.4 Å². The topological polar surface area (TPSA) is 88.6 Å². The van der Waals surface area contributed by atoms with Crippen LogP contribution in [0.25, 0.3) is 0 Å². The molecule has 0 spiro atoms. The Bertz CT molecular complexity index is 1420. The van der Waals surface area contributed by atoms with Crippen molar-refractivity contribution in [3.63, 3.8) is 0 Å². The van der Waals surface area contributed by atoms with Crippen LogP contribution in [0, 0.1) is 13.8 Å². The van der Waals surface area contributed by atoms with Crippen molar-refractivity contribution in [3.8, 4) is 17.2 Å². The van der Waals surface area contributed by atoms with Crippen molar-refractivity contribution >= 4 is 27.3 Å². The maximum atomic E-state index is 13.9. The Morgan fingerprint density at radius 3 is 2.13 bits per heavy atom. The van der Waals surface area contributed by atoms with Gasteiger partial charge in [-0.2, -0.15) is 0 Å². The fourth-order valence-corrected chi connectivity index (χ4v) is 6.10. The van der Waals surface area contributed by atoms with Gasteiger partial charge in [-0.3, -0.25) is 9.10 Å². The first kappa shape index (κ1) is 28.1. The summed E-state index contributed by atoms with van der Waals surface area (Å²) in [6.45, 7) is 6.19. The summed E-state index contributed by atoms with van der Waals surface area (Å²) in [6, 6.07) is 17.2. The number of carbonyl (C=O) groups is 1. The minimum atomic E-state index is -4.13. The normalized spacial score (nSPS) is 13.7. The Morgan fingerprint density at radius 2 is 1.51 bits per heavy atom. The Balaban J connectivity index is 1.58. The van der Waals surface area contributed by atoms with Crippen LogP contribution < -0.4 is 23.4 Å². The Morgan fingerprint density at radius 1 is 0.846 bits per heavy atom. The van der Waals surface area contributed by atoms with E-state index in [-0.39, 0.29) is 23.1 Å². The summed E-state index contributed by atoms with van der Waals surface area (Å²) in [6.07, 6.45) is 0. The second kappa shape index (κ2) is 11.9. The van der Waals surface area contributed by atoms with Crippen LogP contribution in [-0.4, -0.2) is 73.3 Å². The van der Waals surface area contributed by atoms with E-state index in [1.165, 1.54) is 50.7 Å². The highest BCUT2D eigenvalue weighted by atomic mass is 32.2. The predicted octanol–water partition coefficient (Wildman–Crippen LogP) is 3.87. The summed E-state index contributed by atoms with van der Waals surface area (Å²) < 4.78 is 44.7. The molecule has 1 amide bonds. The molecule has 3 aromatic carbocycles. The number of hydrogen-bond acceptors (Lipinski definition) is 7. The quantitative estimate of drug-likeness (QED) is 0.398. The molecule has 0 N–H and O–H groups in total. The van der Waals surface area contributed by atoms with Gasteiger partial charge >= 0.3 is 0 Å². The van der Waals surface area contributed by atoms with Crippen molar-refractivity contribution in [2.24, 2.45) is 0 Å². The van der Waals surface area contributed by atoms with E-state index in [9.17, 15) is 13.2 Å². The van der Waals surface area contributed by atoms with Gasteiger partial charge in [0.15, 0.2) is 11.5 Å². The standard InChI is InChI=1S/C29H35N3O6S/c1-21-7-6-8-26(22(21)2)30-15-17-31(18-16-30)29(33)20-32(23-9-11-24(36-3)12-10-23)39(34,35)25-13-14-27(37-4)28(19-25)38-5/h6-14,19H,15-18,20H2,1-5H3. The number of anilines is 2. The molecule has 39 heavy (non-hydrogen) atoms. The number of nitrogens with zero attached hydrogens (tertiary/aromatic N) is 3. The van der Waals surface area contributed by atoms with Gasteiger partial charge in [0.25, 0.3) is 10.0 Å². The molecule has 0 aromatic heterocycles. The summed E-state index contributed by atoms with van der Waals surface area (Å²) in [5.41, 5.74) is 3.97. The predicted molar refractivity (Wildman–Crippen MR) is 152 cm³/mol. The number of amides is 1. The third-order valence-corrected chi connectivity index (χ3v) is 8.90. The number of benzene rings is 3. The SMILES string of the molecule is COc1ccc(N(CC(=O)N2CCN(c3cccc(C)c3C)CC2)S(=O)(=O)c2ccc(OC)c(OC)c2)cc1. The summed E-state index contributed by atoms with van der Waals surface area (Å²) in [7, 11) is 0.328. The first-order valence-corrected chi connectivity index (χ1v) is 14.1. The van der Waals surface area contributed by atoms with E-state index in [0.717, 1.165) is 9.99 Å². The van der Waals surface area contributed by atoms with Crippen LogP contribution in [0.1, 0.15) is 11.1 Å². The summed E-state index contributed by atoms with van der Waals surface area (Å²) in [4.78, 5) is 17.5. The minimum absolute atomic E-state index is 0.0106. The van der Waals surface area contributed by atoms with Crippen molar-refractivity contribution in [3.05, 3.63) is 71.8 Å². The highest BCUT2D eigenvalue weighted by Gasteiger charge is 2.31. The van der Waals surface area contributed by atoms with Crippen LogP contribution in [0.5, 0.6) is 17.2 Å². The zero-order valence-electron chi connectivity index (χ0n) is 23.0. The molecule has 1 fully saturated rings. The lowest BCUT2D eigenvalue weighted by atomic mass is 10.1. The Labute approximate surface area is 230 Å². The molecule has 1 heterocycles. The van der Waals surface area contributed by atoms with Gasteiger partial charge in [0.05, 0.1) is 31.9 Å². The summed E-state index contributed by atoms with van der Waals surface area (Å²) in [5, 5.41) is 0. The van der Waals surface area contributed by atoms with E-state index < -0.39 is 10.0 Å². The van der Waals surface area contributed by atoms with Crippen LogP contribution in [0.4, 0.5) is 11.4 Å². The third-order valence-electron chi connectivity index (χ3n) is 7.13. The van der Waals surface area contributed by atoms with Gasteiger partial charge in [0, 0.05) is 37.9 Å². The molecule has 3 aromatic rings. The second-order valence-corrected chi connectivity index (χ2v) is 11.2. The number of ether oxygens (including phenoxy) is 3. The minimum Gasteiger partial charge on any atom is -0.497 e. The first-order chi connectivity index (χ1) is 18.7. The maximum absolute atomic E-state index is 13.9. The molecule has 0 radical (unpaired) electrons. The highest BCUT2D eigenvalue weighted by molar-refractivity contribution is 7.92. The van der Waals surface area contributed by atoms with E-state index >= 15 is 0 Å². The molecule has 0 saturated carbocycles. The van der Waals surface area contributed by atoms with E-state index in [2.05, 4.69) is 30.9 Å². The van der Waals surface area contributed by atoms with Gasteiger partial charge in [-0.1, -0.05) is 12.1 Å². The molecule has 1 aliphatic rings. The zero-order valence-corrected chi connectivity index (χ0v) is 23.8. The second-order valence-electron chi connectivity index (χ2n) is 9.31. The molecular formula is C29H35N3O6S. The number of aryl methyl sites for hydroxylation is 1. The molecule has 1 aliphatic heterocycles. The molecule has 208 valence electrons. The number of piperazine rings is 1. The van der Waals surface area contributed by atoms with Crippen molar-refractivity contribution in [1.82, 2.24) is 4.90 Å². The van der Waals surface area contributed by atoms with Crippen molar-refractivity contribution in [1.29, 1.82) is 0 Å². The van der Waals surface area contributed by atoms with Crippen LogP contribution in [-0.2, 0) is 14.8 Å². The summed E-state index contributed by atoms with van der Waals surface area (Å²) >= 11 is 0. The third kappa shape index (κ3) is 5.90. The molecular weight excluding hydrogens is 518 g/mol. The van der Waals surface area contributed by atoms with Crippen LogP contribution in [0.15, 0.2) is 65.6 Å². The highest BCUT2D eigenvalue weighted by Crippen LogP contribution is 2.33. The van der Waals surface area contributed by atoms with Gasteiger partial charge < -0.3 is 24.0 Å². The van der Waals surface area contributed by atoms with E-state index in [0.29, 0.717) is 43.4 Å². The van der Waals surface area contributed by atoms with Gasteiger partial charge in [-0.15, -0.1) is 0 Å². The fourth-order valence-electron chi connectivity index (χ4n) is 4.67. The van der Waals surface area contributed by atoms with Crippen LogP contribution in [0.3, 0.4) is 0 Å². The molecule has 0 bridgehead atoms. The van der Waals surface area contributed by atoms with Gasteiger partial charge in [0.1, 0.15) is 12.3 Å². The van der Waals surface area contributed by atoms with Crippen molar-refractivity contribution in [2.75, 3.05) is 63.3 Å².